The Hall–Kier alpha value is -0.940. The molecule has 1 fully saturated rings. The lowest BCUT2D eigenvalue weighted by Crippen LogP contribution is -2.35. The number of rotatable bonds is 6. The summed E-state index contributed by atoms with van der Waals surface area (Å²) in [5.41, 5.74) is 0.876. The van der Waals surface area contributed by atoms with Crippen molar-refractivity contribution < 1.29 is 8.95 Å². The molecule has 1 aromatic rings. The number of hydrogen-bond acceptors (Lipinski definition) is 3. The minimum absolute atomic E-state index is 0.0486. The van der Waals surface area contributed by atoms with Crippen LogP contribution in [0.5, 0.6) is 5.75 Å². The molecule has 1 aromatic heterocycles. The highest BCUT2D eigenvalue weighted by molar-refractivity contribution is 7.84. The van der Waals surface area contributed by atoms with Crippen LogP contribution in [0.15, 0.2) is 18.3 Å². The van der Waals surface area contributed by atoms with Gasteiger partial charge in [0.05, 0.1) is 40.3 Å². The van der Waals surface area contributed by atoms with Gasteiger partial charge in [0.15, 0.2) is 0 Å². The fourth-order valence-electron chi connectivity index (χ4n) is 1.63. The molecule has 5 heteroatoms. The van der Waals surface area contributed by atoms with E-state index in [0.29, 0.717) is 0 Å². The van der Waals surface area contributed by atoms with Crippen molar-refractivity contribution in [2.45, 2.75) is 51.3 Å². The smallest absolute Gasteiger partial charge is 0.137 e. The molecule has 1 aliphatic rings. The molecule has 112 valence electrons. The first-order chi connectivity index (χ1) is 9.36. The second kappa shape index (κ2) is 6.22. The molecule has 1 aliphatic carbocycles. The molecule has 0 aliphatic heterocycles. The number of hydrogen-bond donors (Lipinski definition) is 1. The summed E-state index contributed by atoms with van der Waals surface area (Å²) < 4.78 is 20.5. The predicted molar refractivity (Wildman–Crippen MR) is 81.9 cm³/mol. The van der Waals surface area contributed by atoms with Crippen LogP contribution in [0.1, 0.15) is 52.3 Å². The van der Waals surface area contributed by atoms with Crippen molar-refractivity contribution in [3.63, 3.8) is 0 Å². The Balaban J connectivity index is 1.89. The van der Waals surface area contributed by atoms with Crippen LogP contribution in [-0.4, -0.2) is 20.5 Å². The summed E-state index contributed by atoms with van der Waals surface area (Å²) in [5, 5.41) is 0. The first-order valence-electron chi connectivity index (χ1n) is 7.13. The van der Waals surface area contributed by atoms with Gasteiger partial charge in [-0.15, -0.1) is 0 Å². The second-order valence-electron chi connectivity index (χ2n) is 6.39. The molecule has 4 nitrogen and oxygen atoms in total. The van der Waals surface area contributed by atoms with Gasteiger partial charge in [-0.1, -0.05) is 0 Å². The van der Waals surface area contributed by atoms with Gasteiger partial charge in [0.1, 0.15) is 5.75 Å². The van der Waals surface area contributed by atoms with Gasteiger partial charge >= 0.3 is 0 Å². The third-order valence-corrected chi connectivity index (χ3v) is 4.91. The van der Waals surface area contributed by atoms with Crippen LogP contribution in [0.3, 0.4) is 0 Å². The van der Waals surface area contributed by atoms with Gasteiger partial charge in [0.2, 0.25) is 0 Å². The Bertz CT molecular complexity index is 464. The standard InChI is InChI=1S/C15H24N2O2S/c1-11(17-20(18)15(2,3)4)14-8-7-13(9-16-14)19-10-12-5-6-12/h7-9,11-12,17H,5-6,10H2,1-4H3. The molecule has 2 rings (SSSR count). The largest absolute Gasteiger partial charge is 0.492 e. The average Bonchev–Trinajstić information content (AvgIpc) is 3.19. The van der Waals surface area contributed by atoms with Crippen molar-refractivity contribution in [2.24, 2.45) is 5.92 Å². The van der Waals surface area contributed by atoms with Crippen LogP contribution >= 0.6 is 0 Å². The van der Waals surface area contributed by atoms with Gasteiger partial charge in [-0.05, 0) is 58.6 Å². The molecule has 2 unspecified atom stereocenters. The van der Waals surface area contributed by atoms with E-state index in [-0.39, 0.29) is 10.8 Å². The highest BCUT2D eigenvalue weighted by Crippen LogP contribution is 2.29. The van der Waals surface area contributed by atoms with Crippen molar-refractivity contribution in [2.75, 3.05) is 6.61 Å². The van der Waals surface area contributed by atoms with Crippen LogP contribution in [-0.2, 0) is 11.0 Å². The summed E-state index contributed by atoms with van der Waals surface area (Å²) in [4.78, 5) is 4.39. The van der Waals surface area contributed by atoms with Crippen LogP contribution in [0.4, 0.5) is 0 Å². The van der Waals surface area contributed by atoms with E-state index in [1.54, 1.807) is 6.20 Å². The fourth-order valence-corrected chi connectivity index (χ4v) is 2.42. The summed E-state index contributed by atoms with van der Waals surface area (Å²) in [6.07, 6.45) is 4.31. The Labute approximate surface area is 123 Å². The zero-order chi connectivity index (χ0) is 14.8. The van der Waals surface area contributed by atoms with Crippen molar-refractivity contribution in [3.05, 3.63) is 24.0 Å². The van der Waals surface area contributed by atoms with Crippen molar-refractivity contribution in [1.82, 2.24) is 9.71 Å². The average molecular weight is 296 g/mol. The van der Waals surface area contributed by atoms with Gasteiger partial charge in [0.25, 0.3) is 0 Å². The maximum atomic E-state index is 12.0. The van der Waals surface area contributed by atoms with E-state index in [0.717, 1.165) is 24.0 Å². The molecule has 0 aromatic carbocycles. The van der Waals surface area contributed by atoms with Gasteiger partial charge < -0.3 is 4.74 Å². The molecule has 20 heavy (non-hydrogen) atoms. The summed E-state index contributed by atoms with van der Waals surface area (Å²) in [5.74, 6) is 1.55. The molecule has 0 saturated heterocycles. The third-order valence-electron chi connectivity index (χ3n) is 3.23. The van der Waals surface area contributed by atoms with Gasteiger partial charge in [-0.3, -0.25) is 4.98 Å². The highest BCUT2D eigenvalue weighted by atomic mass is 32.2. The van der Waals surface area contributed by atoms with Gasteiger partial charge in [0, 0.05) is 0 Å². The first kappa shape index (κ1) is 15.4. The molecule has 1 saturated carbocycles. The molecule has 0 bridgehead atoms. The molecule has 0 spiro atoms. The van der Waals surface area contributed by atoms with Crippen molar-refractivity contribution in [1.29, 1.82) is 0 Å². The third kappa shape index (κ3) is 4.56. The fraction of sp³-hybridized carbons (Fsp3) is 0.667. The van der Waals surface area contributed by atoms with Crippen LogP contribution < -0.4 is 9.46 Å². The van der Waals surface area contributed by atoms with E-state index in [9.17, 15) is 4.21 Å². The second-order valence-corrected chi connectivity index (χ2v) is 8.39. The summed E-state index contributed by atoms with van der Waals surface area (Å²) in [7, 11) is -1.10. The number of aromatic nitrogens is 1. The highest BCUT2D eigenvalue weighted by Gasteiger charge is 2.23. The lowest BCUT2D eigenvalue weighted by molar-refractivity contribution is 0.298. The maximum absolute atomic E-state index is 12.0. The summed E-state index contributed by atoms with van der Waals surface area (Å²) in [6, 6.07) is 3.82. The zero-order valence-electron chi connectivity index (χ0n) is 12.7. The van der Waals surface area contributed by atoms with E-state index in [2.05, 4.69) is 9.71 Å². The van der Waals surface area contributed by atoms with E-state index >= 15 is 0 Å². The van der Waals surface area contributed by atoms with E-state index in [1.165, 1.54) is 12.8 Å². The lowest BCUT2D eigenvalue weighted by Gasteiger charge is -2.21. The number of nitrogens with one attached hydrogen (secondary N) is 1. The SMILES string of the molecule is CC(NS(=O)C(C)(C)C)c1ccc(OCC2CC2)cn1. The Morgan fingerprint density at radius 1 is 1.45 bits per heavy atom. The minimum Gasteiger partial charge on any atom is -0.492 e. The van der Waals surface area contributed by atoms with Crippen molar-refractivity contribution in [3.8, 4) is 5.75 Å². The molecule has 2 atom stereocenters. The van der Waals surface area contributed by atoms with E-state index in [1.807, 2.05) is 39.8 Å². The quantitative estimate of drug-likeness (QED) is 0.878. The van der Waals surface area contributed by atoms with Gasteiger partial charge in [-0.25, -0.2) is 8.93 Å². The number of ether oxygens (including phenoxy) is 1. The topological polar surface area (TPSA) is 51.2 Å². The minimum atomic E-state index is -1.10. The van der Waals surface area contributed by atoms with E-state index < -0.39 is 11.0 Å². The first-order valence-corrected chi connectivity index (χ1v) is 8.28. The Morgan fingerprint density at radius 3 is 2.65 bits per heavy atom. The lowest BCUT2D eigenvalue weighted by atomic mass is 10.2. The normalized spacial score (nSPS) is 18.6. The number of pyridine rings is 1. The molecular formula is C15H24N2O2S. The Morgan fingerprint density at radius 2 is 2.15 bits per heavy atom. The molecule has 0 radical (unpaired) electrons. The van der Waals surface area contributed by atoms with Gasteiger partial charge in [-0.2, -0.15) is 0 Å². The molecular weight excluding hydrogens is 272 g/mol. The molecule has 1 N–H and O–H groups in total. The van der Waals surface area contributed by atoms with E-state index in [4.69, 9.17) is 4.74 Å². The summed E-state index contributed by atoms with van der Waals surface area (Å²) >= 11 is 0. The van der Waals surface area contributed by atoms with Crippen LogP contribution in [0.2, 0.25) is 0 Å². The molecule has 0 amide bonds. The van der Waals surface area contributed by atoms with Crippen molar-refractivity contribution >= 4 is 11.0 Å². The molecule has 1 heterocycles. The number of nitrogens with zero attached hydrogens (tertiary/aromatic N) is 1. The zero-order valence-corrected chi connectivity index (χ0v) is 13.5. The maximum Gasteiger partial charge on any atom is 0.137 e. The summed E-state index contributed by atoms with van der Waals surface area (Å²) in [6.45, 7) is 8.61. The monoisotopic (exact) mass is 296 g/mol. The predicted octanol–water partition coefficient (Wildman–Crippen LogP) is 2.98. The van der Waals surface area contributed by atoms with Crippen LogP contribution in [0, 0.1) is 5.92 Å². The Kier molecular flexibility index (Phi) is 4.81. The van der Waals surface area contributed by atoms with Crippen LogP contribution in [0.25, 0.3) is 0 Å².